The lowest BCUT2D eigenvalue weighted by molar-refractivity contribution is 0.0602. The number of fused-ring (bicyclic) bond motifs is 1. The Morgan fingerprint density at radius 3 is 2.73 bits per heavy atom. The van der Waals surface area contributed by atoms with Crippen molar-refractivity contribution in [3.63, 3.8) is 0 Å². The monoisotopic (exact) mass is 314 g/mol. The Kier molecular flexibility index (Phi) is 3.68. The first-order chi connectivity index (χ1) is 10.6. The highest BCUT2D eigenvalue weighted by atomic mass is 32.1. The fourth-order valence-corrected chi connectivity index (χ4v) is 3.18. The maximum absolute atomic E-state index is 12.5. The molecule has 1 aromatic carbocycles. The lowest BCUT2D eigenvalue weighted by Gasteiger charge is -2.10. The molecule has 2 aromatic heterocycles. The maximum atomic E-state index is 12.5. The minimum atomic E-state index is -0.483. The highest BCUT2D eigenvalue weighted by molar-refractivity contribution is 7.17. The van der Waals surface area contributed by atoms with Gasteiger partial charge in [-0.3, -0.25) is 4.79 Å². The number of nitrogens with one attached hydrogen (secondary N) is 1. The van der Waals surface area contributed by atoms with Gasteiger partial charge in [0.2, 0.25) is 0 Å². The van der Waals surface area contributed by atoms with Gasteiger partial charge in [0.15, 0.2) is 0 Å². The standard InChI is InChI=1S/C16H14N2O3S/c1-18-12-7-8-22-14(12)9-13(18)15(19)17-11-6-4-3-5-10(11)16(20)21-2/h3-9H,1-2H3,(H,17,19). The van der Waals surface area contributed by atoms with Crippen LogP contribution in [0.3, 0.4) is 0 Å². The number of aromatic nitrogens is 1. The average Bonchev–Trinajstić information content (AvgIpc) is 3.10. The molecule has 0 atom stereocenters. The zero-order valence-corrected chi connectivity index (χ0v) is 12.9. The lowest BCUT2D eigenvalue weighted by atomic mass is 10.1. The van der Waals surface area contributed by atoms with Gasteiger partial charge in [-0.2, -0.15) is 0 Å². The van der Waals surface area contributed by atoms with Gasteiger partial charge in [0.25, 0.3) is 5.91 Å². The van der Waals surface area contributed by atoms with Crippen molar-refractivity contribution in [1.82, 2.24) is 4.57 Å². The number of hydrogen-bond donors (Lipinski definition) is 1. The minimum Gasteiger partial charge on any atom is -0.465 e. The third-order valence-corrected chi connectivity index (χ3v) is 4.33. The zero-order chi connectivity index (χ0) is 15.7. The van der Waals surface area contributed by atoms with E-state index in [1.807, 2.05) is 29.1 Å². The Labute approximate surface area is 131 Å². The molecular weight excluding hydrogens is 300 g/mol. The van der Waals surface area contributed by atoms with Crippen molar-refractivity contribution < 1.29 is 14.3 Å². The number of esters is 1. The number of para-hydroxylation sites is 1. The van der Waals surface area contributed by atoms with E-state index < -0.39 is 5.97 Å². The largest absolute Gasteiger partial charge is 0.465 e. The van der Waals surface area contributed by atoms with E-state index in [0.717, 1.165) is 10.2 Å². The number of nitrogens with zero attached hydrogens (tertiary/aromatic N) is 1. The van der Waals surface area contributed by atoms with E-state index >= 15 is 0 Å². The normalized spacial score (nSPS) is 10.6. The molecule has 0 spiro atoms. The van der Waals surface area contributed by atoms with E-state index in [-0.39, 0.29) is 5.91 Å². The first-order valence-electron chi connectivity index (χ1n) is 6.63. The van der Waals surface area contributed by atoms with Gasteiger partial charge >= 0.3 is 5.97 Å². The second-order valence-electron chi connectivity index (χ2n) is 4.75. The Hall–Kier alpha value is -2.60. The SMILES string of the molecule is COC(=O)c1ccccc1NC(=O)c1cc2sccc2n1C. The molecule has 3 rings (SSSR count). The smallest absolute Gasteiger partial charge is 0.339 e. The number of anilines is 1. The number of hydrogen-bond acceptors (Lipinski definition) is 4. The van der Waals surface area contributed by atoms with Crippen molar-refractivity contribution in [2.75, 3.05) is 12.4 Å². The molecule has 6 heteroatoms. The van der Waals surface area contributed by atoms with E-state index in [1.165, 1.54) is 7.11 Å². The van der Waals surface area contributed by atoms with Gasteiger partial charge in [-0.05, 0) is 29.6 Å². The van der Waals surface area contributed by atoms with Gasteiger partial charge in [-0.1, -0.05) is 12.1 Å². The fraction of sp³-hybridized carbons (Fsp3) is 0.125. The van der Waals surface area contributed by atoms with Crippen LogP contribution < -0.4 is 5.32 Å². The number of aryl methyl sites for hydroxylation is 1. The van der Waals surface area contributed by atoms with E-state index in [0.29, 0.717) is 16.9 Å². The van der Waals surface area contributed by atoms with Crippen LogP contribution in [0.15, 0.2) is 41.8 Å². The number of ether oxygens (including phenoxy) is 1. The second-order valence-corrected chi connectivity index (χ2v) is 5.70. The molecular formula is C16H14N2O3S. The van der Waals surface area contributed by atoms with Crippen LogP contribution in [0.2, 0.25) is 0 Å². The Balaban J connectivity index is 1.93. The summed E-state index contributed by atoms with van der Waals surface area (Å²) in [5.41, 5.74) is 2.32. The predicted octanol–water partition coefficient (Wildman–Crippen LogP) is 3.28. The molecule has 112 valence electrons. The third kappa shape index (κ3) is 2.37. The molecule has 0 saturated carbocycles. The van der Waals surface area contributed by atoms with Crippen molar-refractivity contribution in [2.24, 2.45) is 7.05 Å². The minimum absolute atomic E-state index is 0.262. The summed E-state index contributed by atoms with van der Waals surface area (Å²) in [6.07, 6.45) is 0. The number of benzene rings is 1. The van der Waals surface area contributed by atoms with Gasteiger partial charge in [0, 0.05) is 7.05 Å². The topological polar surface area (TPSA) is 60.3 Å². The molecule has 0 unspecified atom stereocenters. The van der Waals surface area contributed by atoms with Crippen LogP contribution in [0.25, 0.3) is 10.2 Å². The number of rotatable bonds is 3. The highest BCUT2D eigenvalue weighted by Gasteiger charge is 2.17. The van der Waals surface area contributed by atoms with E-state index in [2.05, 4.69) is 5.32 Å². The average molecular weight is 314 g/mol. The number of methoxy groups -OCH3 is 1. The van der Waals surface area contributed by atoms with Gasteiger partial charge in [0.05, 0.1) is 28.6 Å². The number of amides is 1. The van der Waals surface area contributed by atoms with E-state index in [9.17, 15) is 9.59 Å². The Morgan fingerprint density at radius 2 is 2.00 bits per heavy atom. The highest BCUT2D eigenvalue weighted by Crippen LogP contribution is 2.25. The van der Waals surface area contributed by atoms with Crippen LogP contribution in [0.5, 0.6) is 0 Å². The summed E-state index contributed by atoms with van der Waals surface area (Å²) in [4.78, 5) is 24.2. The second kappa shape index (κ2) is 5.65. The summed E-state index contributed by atoms with van der Waals surface area (Å²) in [6.45, 7) is 0. The molecule has 0 saturated heterocycles. The molecule has 1 N–H and O–H groups in total. The van der Waals surface area contributed by atoms with Crippen LogP contribution in [0.4, 0.5) is 5.69 Å². The maximum Gasteiger partial charge on any atom is 0.339 e. The van der Waals surface area contributed by atoms with Crippen molar-refractivity contribution in [3.05, 3.63) is 53.0 Å². The van der Waals surface area contributed by atoms with E-state index in [4.69, 9.17) is 4.74 Å². The summed E-state index contributed by atoms with van der Waals surface area (Å²) in [5.74, 6) is -0.744. The summed E-state index contributed by atoms with van der Waals surface area (Å²) in [5, 5.41) is 4.76. The van der Waals surface area contributed by atoms with Crippen molar-refractivity contribution in [3.8, 4) is 0 Å². The van der Waals surface area contributed by atoms with Crippen LogP contribution in [-0.2, 0) is 11.8 Å². The third-order valence-electron chi connectivity index (χ3n) is 3.48. The summed E-state index contributed by atoms with van der Waals surface area (Å²) < 4.78 is 7.61. The molecule has 0 radical (unpaired) electrons. The molecule has 0 bridgehead atoms. The van der Waals surface area contributed by atoms with Gasteiger partial charge in [-0.15, -0.1) is 11.3 Å². The molecule has 22 heavy (non-hydrogen) atoms. The molecule has 1 amide bonds. The molecule has 0 aliphatic heterocycles. The Morgan fingerprint density at radius 1 is 1.23 bits per heavy atom. The fourth-order valence-electron chi connectivity index (χ4n) is 2.33. The Bertz CT molecular complexity index is 863. The van der Waals surface area contributed by atoms with Crippen LogP contribution in [-0.4, -0.2) is 23.6 Å². The van der Waals surface area contributed by atoms with Gasteiger partial charge in [-0.25, -0.2) is 4.79 Å². The molecule has 2 heterocycles. The van der Waals surface area contributed by atoms with Crippen LogP contribution in [0.1, 0.15) is 20.8 Å². The number of carbonyl (C=O) groups excluding carboxylic acids is 2. The van der Waals surface area contributed by atoms with Crippen molar-refractivity contribution in [2.45, 2.75) is 0 Å². The first-order valence-corrected chi connectivity index (χ1v) is 7.51. The van der Waals surface area contributed by atoms with Gasteiger partial charge < -0.3 is 14.6 Å². The first kappa shape index (κ1) is 14.3. The molecule has 0 aliphatic rings. The van der Waals surface area contributed by atoms with Crippen LogP contribution in [0, 0.1) is 0 Å². The van der Waals surface area contributed by atoms with Crippen molar-refractivity contribution in [1.29, 1.82) is 0 Å². The van der Waals surface area contributed by atoms with E-state index in [1.54, 1.807) is 35.6 Å². The molecule has 3 aromatic rings. The summed E-state index contributed by atoms with van der Waals surface area (Å²) in [6, 6.07) is 10.6. The molecule has 0 fully saturated rings. The summed E-state index contributed by atoms with van der Waals surface area (Å²) >= 11 is 1.58. The van der Waals surface area contributed by atoms with Crippen LogP contribution >= 0.6 is 11.3 Å². The molecule has 0 aliphatic carbocycles. The van der Waals surface area contributed by atoms with Gasteiger partial charge in [0.1, 0.15) is 5.69 Å². The lowest BCUT2D eigenvalue weighted by Crippen LogP contribution is -2.17. The van der Waals surface area contributed by atoms with Crippen molar-refractivity contribution >= 4 is 39.1 Å². The zero-order valence-electron chi connectivity index (χ0n) is 12.1. The number of thiophene rings is 1. The molecule has 5 nitrogen and oxygen atoms in total. The quantitative estimate of drug-likeness (QED) is 0.755. The number of carbonyl (C=O) groups is 2. The predicted molar refractivity (Wildman–Crippen MR) is 86.5 cm³/mol. The summed E-state index contributed by atoms with van der Waals surface area (Å²) in [7, 11) is 3.16.